The molecule has 0 radical (unpaired) electrons. The lowest BCUT2D eigenvalue weighted by molar-refractivity contribution is -0.144. The number of benzene rings is 5. The van der Waals surface area contributed by atoms with Gasteiger partial charge in [-0.1, -0.05) is 184 Å². The first-order chi connectivity index (χ1) is 64.6. The number of carbonyl (C=O) groups excluding carboxylic acids is 12. The number of hydrogen-bond acceptors (Lipinski definition) is 26. The number of aliphatic hydroxyl groups is 2. The molecular weight excluding hydrogens is 1800 g/mol. The topological polar surface area (TPSA) is 436 Å². The molecule has 5 amide bonds. The first-order valence-electron chi connectivity index (χ1n) is 48.0. The van der Waals surface area contributed by atoms with E-state index in [4.69, 9.17) is 27.3 Å². The van der Waals surface area contributed by atoms with E-state index in [0.717, 1.165) is 36.1 Å². The fourth-order valence-electron chi connectivity index (χ4n) is 16.3. The second kappa shape index (κ2) is 57.3. The molecule has 2 aliphatic rings. The van der Waals surface area contributed by atoms with Crippen molar-refractivity contribution < 1.29 is 112 Å². The average molecular weight is 1950 g/mol. The van der Waals surface area contributed by atoms with Crippen LogP contribution in [0, 0.1) is 61.2 Å². The van der Waals surface area contributed by atoms with Gasteiger partial charge in [0.25, 0.3) is 26.1 Å². The average Bonchev–Trinajstić information content (AvgIpc) is 0.763. The molecule has 7 rings (SSSR count). The number of likely N-dealkylation sites (N-methyl/N-ethyl adjacent to an activating group) is 1. The summed E-state index contributed by atoms with van der Waals surface area (Å²) in [6.45, 7) is 27.4. The van der Waals surface area contributed by atoms with Crippen LogP contribution < -0.4 is 31.3 Å². The highest BCUT2D eigenvalue weighted by Crippen LogP contribution is 2.32. The Labute approximate surface area is 811 Å². The SMILES string of the molecule is CCC(=O)COCCC(C)(C)S(=O)(=O)OCC(C)(O)C(=O)[C@H](CC(C)C)NC(=O)[C@@H](CC(=O)[C@H](CC(C)C)NC(=O)[C@H](CCc1ccccc1)CC(=O)CN1CCOCC1)Cc1ccccc1.CNC(=O)COc1cc(C)c(S(=O)(=O)OCC(C)(O)C(=O)[C@H](CC(C)C)NC(=O)[C@@H](CC(=O)[C@H](CC(C)C)NC(=O)[C@H](CCc2ccccc2)CC(=O)CN2CCOCC2)Cc2ccccc2)c(C)c1. The Balaban J connectivity index is 0.000000421. The Morgan fingerprint density at radius 3 is 1.15 bits per heavy atom. The third-order valence-electron chi connectivity index (χ3n) is 24.3. The highest BCUT2D eigenvalue weighted by atomic mass is 32.2. The van der Waals surface area contributed by atoms with Gasteiger partial charge in [-0.15, -0.1) is 0 Å². The monoisotopic (exact) mass is 1950 g/mol. The number of Topliss-reactive ketones (excluding diaryl/α,β-unsaturated/α-hetero) is 7. The summed E-state index contributed by atoms with van der Waals surface area (Å²) >= 11 is 0. The van der Waals surface area contributed by atoms with Crippen LogP contribution in [0.1, 0.15) is 200 Å². The molecule has 0 aromatic heterocycles. The molecule has 2 saturated heterocycles. The maximum Gasteiger partial charge on any atom is 0.297 e. The van der Waals surface area contributed by atoms with E-state index in [-0.39, 0.29) is 184 Å². The number of carbonyl (C=O) groups is 12. The summed E-state index contributed by atoms with van der Waals surface area (Å²) in [5.41, 5.74) is -0.756. The molecule has 0 saturated carbocycles. The fourth-order valence-corrected chi connectivity index (χ4v) is 18.7. The van der Waals surface area contributed by atoms with Gasteiger partial charge in [0.15, 0.2) is 35.5 Å². The molecule has 137 heavy (non-hydrogen) atoms. The van der Waals surface area contributed by atoms with Crippen LogP contribution >= 0.6 is 0 Å². The lowest BCUT2D eigenvalue weighted by Gasteiger charge is -2.31. The third kappa shape index (κ3) is 41.1. The van der Waals surface area contributed by atoms with Crippen LogP contribution in [0.15, 0.2) is 138 Å². The molecule has 7 N–H and O–H groups in total. The molecule has 0 spiro atoms. The van der Waals surface area contributed by atoms with E-state index in [1.165, 1.54) is 46.9 Å². The van der Waals surface area contributed by atoms with E-state index in [0.29, 0.717) is 78.3 Å². The molecule has 758 valence electrons. The normalized spacial score (nSPS) is 16.1. The van der Waals surface area contributed by atoms with Gasteiger partial charge in [0.1, 0.15) is 53.2 Å². The summed E-state index contributed by atoms with van der Waals surface area (Å²) in [5.74, 6) is -8.94. The van der Waals surface area contributed by atoms with Crippen molar-refractivity contribution in [1.29, 1.82) is 0 Å². The number of amides is 5. The Bertz CT molecular complexity index is 4920. The quantitative estimate of drug-likeness (QED) is 0.0140. The zero-order chi connectivity index (χ0) is 101. The second-order valence-corrected chi connectivity index (χ2v) is 42.9. The van der Waals surface area contributed by atoms with Crippen molar-refractivity contribution in [3.05, 3.63) is 167 Å². The number of hydrogen-bond donors (Lipinski definition) is 7. The number of nitrogens with zero attached hydrogens (tertiary/aromatic N) is 2. The van der Waals surface area contributed by atoms with Gasteiger partial charge in [-0.05, 0) is 181 Å². The first-order valence-corrected chi connectivity index (χ1v) is 50.8. The van der Waals surface area contributed by atoms with E-state index in [9.17, 15) is 84.6 Å². The Hall–Kier alpha value is -9.52. The van der Waals surface area contributed by atoms with Crippen molar-refractivity contribution in [2.24, 2.45) is 47.3 Å². The molecule has 2 unspecified atom stereocenters. The zero-order valence-corrected chi connectivity index (χ0v) is 84.8. The van der Waals surface area contributed by atoms with E-state index in [1.54, 1.807) is 19.1 Å². The smallest absolute Gasteiger partial charge is 0.297 e. The summed E-state index contributed by atoms with van der Waals surface area (Å²) in [5, 5.41) is 37.1. The molecule has 31 nitrogen and oxygen atoms in total. The van der Waals surface area contributed by atoms with E-state index < -0.39 is 138 Å². The molecule has 0 aliphatic carbocycles. The zero-order valence-electron chi connectivity index (χ0n) is 83.1. The highest BCUT2D eigenvalue weighted by molar-refractivity contribution is 7.88. The van der Waals surface area contributed by atoms with Gasteiger partial charge in [-0.25, -0.2) is 0 Å². The molecule has 5 aromatic carbocycles. The van der Waals surface area contributed by atoms with Crippen LogP contribution in [0.5, 0.6) is 5.75 Å². The highest BCUT2D eigenvalue weighted by Gasteiger charge is 2.45. The number of aryl methyl sites for hydroxylation is 4. The van der Waals surface area contributed by atoms with Gasteiger partial charge in [0, 0.05) is 95.6 Å². The lowest BCUT2D eigenvalue weighted by atomic mass is 9.86. The molecule has 0 bridgehead atoms. The van der Waals surface area contributed by atoms with Crippen LogP contribution in [0.2, 0.25) is 0 Å². The summed E-state index contributed by atoms with van der Waals surface area (Å²) in [6.07, 6.45) is 2.41. The van der Waals surface area contributed by atoms with E-state index in [1.807, 2.05) is 174 Å². The Morgan fingerprint density at radius 2 is 0.796 bits per heavy atom. The van der Waals surface area contributed by atoms with Gasteiger partial charge in [-0.2, -0.15) is 16.8 Å². The van der Waals surface area contributed by atoms with E-state index in [2.05, 4.69) is 26.6 Å². The first kappa shape index (κ1) is 116. The van der Waals surface area contributed by atoms with Gasteiger partial charge >= 0.3 is 0 Å². The largest absolute Gasteiger partial charge is 0.484 e. The summed E-state index contributed by atoms with van der Waals surface area (Å²) in [4.78, 5) is 169. The minimum absolute atomic E-state index is 0.00130. The number of ether oxygens (including phenoxy) is 4. The lowest BCUT2D eigenvalue weighted by Crippen LogP contribution is -2.55. The molecule has 2 heterocycles. The van der Waals surface area contributed by atoms with Crippen LogP contribution in [0.3, 0.4) is 0 Å². The predicted octanol–water partition coefficient (Wildman–Crippen LogP) is 10.1. The van der Waals surface area contributed by atoms with Crippen molar-refractivity contribution in [3.8, 4) is 5.75 Å². The molecular formula is C104H151N7O24S2. The van der Waals surface area contributed by atoms with Crippen LogP contribution in [-0.4, -0.2) is 253 Å². The van der Waals surface area contributed by atoms with Crippen molar-refractivity contribution in [3.63, 3.8) is 0 Å². The van der Waals surface area contributed by atoms with Crippen LogP contribution in [-0.2, 0) is 126 Å². The van der Waals surface area contributed by atoms with Crippen molar-refractivity contribution in [2.75, 3.05) is 106 Å². The maximum atomic E-state index is 14.5. The Morgan fingerprint density at radius 1 is 0.453 bits per heavy atom. The Kier molecular flexibility index (Phi) is 48.6. The second-order valence-electron chi connectivity index (χ2n) is 39.1. The molecule has 2 fully saturated rings. The fraction of sp³-hybridized carbons (Fsp3) is 0.596. The minimum atomic E-state index is -4.56. The van der Waals surface area contributed by atoms with Gasteiger partial charge < -0.3 is 55.7 Å². The van der Waals surface area contributed by atoms with Crippen molar-refractivity contribution >= 4 is 90.3 Å². The van der Waals surface area contributed by atoms with Gasteiger partial charge in [0.2, 0.25) is 23.6 Å². The van der Waals surface area contributed by atoms with E-state index >= 15 is 0 Å². The number of morpholine rings is 2. The number of rotatable bonds is 61. The van der Waals surface area contributed by atoms with Crippen LogP contribution in [0.25, 0.3) is 0 Å². The summed E-state index contributed by atoms with van der Waals surface area (Å²) in [6, 6.07) is 35.8. The molecule has 2 aliphatic heterocycles. The van der Waals surface area contributed by atoms with Crippen LogP contribution in [0.4, 0.5) is 0 Å². The van der Waals surface area contributed by atoms with Gasteiger partial charge in [-0.3, -0.25) is 75.7 Å². The van der Waals surface area contributed by atoms with Crippen molar-refractivity contribution in [1.82, 2.24) is 36.4 Å². The predicted molar refractivity (Wildman–Crippen MR) is 522 cm³/mol. The summed E-state index contributed by atoms with van der Waals surface area (Å²) in [7, 11) is -7.48. The molecule has 33 heteroatoms. The van der Waals surface area contributed by atoms with Crippen molar-refractivity contribution in [2.45, 2.75) is 252 Å². The number of ketones is 7. The minimum Gasteiger partial charge on any atom is -0.484 e. The molecule has 5 aromatic rings. The standard InChI is InChI=1S/C53H74N4O12S.C51H77N3O12S/c1-35(2)25-45(55-51(62)41(20-19-39-15-11-9-12-16-39)30-43(58)32-57-21-23-67-24-22-57)47(59)31-42(29-40-17-13-10-14-18-40)52(63)56-46(26-36(3)4)50(61)53(7,64)34-69-70(65,66)49-37(5)27-44(28-38(49)6)68-33-48(60)54-8;1-9-42(55)34-65-25-22-50(6,7)67(62,63)66-35-51(8,61)47(58)45(29-37(4)5)53-49(60)41(30-39-18-14-11-15-19-39)32-46(57)44(28-36(2)3)52-48(59)40(21-20-38-16-12-10-13-17-38)31-43(56)33-54-23-26-64-27-24-54/h9-18,27-28,35-36,41-42,45-46,64H,19-26,29-34H2,1-8H3,(H,54,60)(H,55,62)(H,56,63);10-19,36-37,40-41,44-45,61H,9,20-35H2,1-8H3,(H,52,59)(H,53,60)/t41-,42-,45+,46+,53?;40-,41-,44+,45+,51?/m11/s1. The van der Waals surface area contributed by atoms with Gasteiger partial charge in [0.05, 0.1) is 68.4 Å². The molecule has 10 atom stereocenters. The third-order valence-corrected chi connectivity index (χ3v) is 27.9. The summed E-state index contributed by atoms with van der Waals surface area (Å²) < 4.78 is 84.6. The number of nitrogens with one attached hydrogen (secondary N) is 5. The maximum absolute atomic E-state index is 14.5.